The van der Waals surface area contributed by atoms with Crippen LogP contribution in [0.15, 0.2) is 41.4 Å². The first-order valence-electron chi connectivity index (χ1n) is 11.0. The van der Waals surface area contributed by atoms with Crippen molar-refractivity contribution in [2.24, 2.45) is 4.99 Å². The van der Waals surface area contributed by atoms with Crippen LogP contribution in [0.25, 0.3) is 0 Å². The minimum atomic E-state index is -3.55. The first kappa shape index (κ1) is 24.0. The van der Waals surface area contributed by atoms with E-state index in [-0.39, 0.29) is 0 Å². The van der Waals surface area contributed by atoms with Crippen LogP contribution >= 0.6 is 17.0 Å². The van der Waals surface area contributed by atoms with Gasteiger partial charge in [0.1, 0.15) is 0 Å². The van der Waals surface area contributed by atoms with E-state index in [1.165, 1.54) is 79.8 Å². The van der Waals surface area contributed by atoms with Gasteiger partial charge in [0.25, 0.3) is 0 Å². The monoisotopic (exact) mass is 641 g/mol. The van der Waals surface area contributed by atoms with E-state index in [2.05, 4.69) is 74.0 Å². The van der Waals surface area contributed by atoms with Crippen molar-refractivity contribution in [1.29, 1.82) is 0 Å². The molecule has 2 aliphatic heterocycles. The number of hydrogen-bond donors (Lipinski definition) is 0. The first-order valence-corrected chi connectivity index (χ1v) is 23.0. The molecule has 1 radical (unpaired) electrons. The second-order valence-corrected chi connectivity index (χ2v) is 26.7. The van der Waals surface area contributed by atoms with E-state index in [9.17, 15) is 0 Å². The Balaban J connectivity index is 0.000000196. The molecule has 1 saturated heterocycles. The average Bonchev–Trinajstić information content (AvgIpc) is 2.93. The van der Waals surface area contributed by atoms with Crippen LogP contribution in [0.5, 0.6) is 0 Å². The summed E-state index contributed by atoms with van der Waals surface area (Å²) >= 11 is -3.55. The predicted octanol–water partition coefficient (Wildman–Crippen LogP) is 5.62. The zero-order valence-corrected chi connectivity index (χ0v) is 23.7. The van der Waals surface area contributed by atoms with Crippen LogP contribution in [0.3, 0.4) is 0 Å². The fourth-order valence-electron chi connectivity index (χ4n) is 4.31. The molecular formula is C25H34BiCl2N2. The molecule has 0 unspecified atom stereocenters. The molecule has 0 atom stereocenters. The van der Waals surface area contributed by atoms with Crippen LogP contribution in [-0.2, 0) is 0 Å². The van der Waals surface area contributed by atoms with E-state index in [1.54, 1.807) is 0 Å². The summed E-state index contributed by atoms with van der Waals surface area (Å²) in [7, 11) is 13.8. The number of nitrogens with zero attached hydrogens (tertiary/aromatic N) is 2. The maximum absolute atomic E-state index is 6.88. The van der Waals surface area contributed by atoms with Gasteiger partial charge in [-0.2, -0.15) is 0 Å². The third-order valence-corrected chi connectivity index (χ3v) is 20.9. The molecule has 2 aliphatic rings. The molecule has 0 aromatic heterocycles. The number of amidine groups is 1. The molecular weight excluding hydrogens is 608 g/mol. The summed E-state index contributed by atoms with van der Waals surface area (Å²) in [5.74, 6) is 1.40. The molecule has 2 nitrogen and oxygen atoms in total. The molecule has 5 heteroatoms. The zero-order valence-electron chi connectivity index (χ0n) is 18.7. The molecule has 30 heavy (non-hydrogen) atoms. The number of hydrogen-bond acceptors (Lipinski definition) is 2. The van der Waals surface area contributed by atoms with Gasteiger partial charge in [0.2, 0.25) is 0 Å². The number of benzene rings is 2. The van der Waals surface area contributed by atoms with Gasteiger partial charge in [-0.15, -0.1) is 0 Å². The molecule has 0 aliphatic carbocycles. The van der Waals surface area contributed by atoms with E-state index in [0.29, 0.717) is 0 Å². The van der Waals surface area contributed by atoms with Gasteiger partial charge in [-0.1, -0.05) is 6.42 Å². The summed E-state index contributed by atoms with van der Waals surface area (Å²) in [5, 5.41) is 0. The summed E-state index contributed by atoms with van der Waals surface area (Å²) in [4.78, 5) is 7.04. The molecule has 0 bridgehead atoms. The van der Waals surface area contributed by atoms with Crippen molar-refractivity contribution in [3.63, 3.8) is 0 Å². The van der Waals surface area contributed by atoms with Crippen LogP contribution in [0.2, 0.25) is 0 Å². The van der Waals surface area contributed by atoms with Crippen LogP contribution < -0.4 is 6.54 Å². The molecule has 0 N–H and O–H groups in total. The van der Waals surface area contributed by atoms with Crippen LogP contribution in [0.1, 0.15) is 54.4 Å². The molecule has 4 rings (SSSR count). The molecule has 163 valence electrons. The quantitative estimate of drug-likeness (QED) is 0.389. The molecule has 2 aromatic carbocycles. The summed E-state index contributed by atoms with van der Waals surface area (Å²) in [6.07, 6.45) is 6.63. The van der Waals surface area contributed by atoms with E-state index >= 15 is 0 Å². The van der Waals surface area contributed by atoms with Crippen LogP contribution in [0.4, 0.5) is 0 Å². The van der Waals surface area contributed by atoms with E-state index in [1.807, 2.05) is 0 Å². The first-order chi connectivity index (χ1) is 14.3. The fourth-order valence-corrected chi connectivity index (χ4v) is 18.0. The summed E-state index contributed by atoms with van der Waals surface area (Å²) in [6.45, 7) is 12.0. The number of fused-ring (bicyclic) bond motifs is 1. The van der Waals surface area contributed by atoms with Crippen molar-refractivity contribution >= 4 is 47.3 Å². The molecule has 2 aromatic rings. The molecule has 0 amide bonds. The summed E-state index contributed by atoms with van der Waals surface area (Å²) in [6, 6.07) is 12.8. The number of aryl methyl sites for hydroxylation is 4. The van der Waals surface area contributed by atoms with Gasteiger partial charge in [0.15, 0.2) is 0 Å². The Morgan fingerprint density at radius 2 is 1.33 bits per heavy atom. The Hall–Kier alpha value is -0.627. The van der Waals surface area contributed by atoms with E-state index in [4.69, 9.17) is 17.0 Å². The fraction of sp³-hybridized carbons (Fsp3) is 0.480. The Labute approximate surface area is 194 Å². The maximum atomic E-state index is 6.88. The van der Waals surface area contributed by atoms with Crippen molar-refractivity contribution in [2.75, 3.05) is 19.6 Å². The van der Waals surface area contributed by atoms with Crippen LogP contribution in [0, 0.1) is 27.7 Å². The van der Waals surface area contributed by atoms with E-state index < -0.39 is 17.9 Å². The van der Waals surface area contributed by atoms with Crippen molar-refractivity contribution < 1.29 is 0 Å². The normalized spacial score (nSPS) is 16.7. The summed E-state index contributed by atoms with van der Waals surface area (Å²) < 4.78 is 2.33. The molecule has 0 spiro atoms. The van der Waals surface area contributed by atoms with Gasteiger partial charge in [0, 0.05) is 26.1 Å². The predicted molar refractivity (Wildman–Crippen MR) is 136 cm³/mol. The van der Waals surface area contributed by atoms with Gasteiger partial charge < -0.3 is 4.90 Å². The number of halogens is 2. The Kier molecular flexibility index (Phi) is 8.65. The Bertz CT molecular complexity index is 855. The van der Waals surface area contributed by atoms with Gasteiger partial charge >= 0.3 is 128 Å². The van der Waals surface area contributed by atoms with Crippen LogP contribution in [-0.4, -0.2) is 48.2 Å². The number of rotatable bonds is 2. The second kappa shape index (κ2) is 10.8. The number of aliphatic imine (C=N–C) groups is 1. The summed E-state index contributed by atoms with van der Waals surface area (Å²) in [5.41, 5.74) is 4.92. The minimum absolute atomic E-state index is 1.08. The molecule has 0 saturated carbocycles. The van der Waals surface area contributed by atoms with Gasteiger partial charge in [-0.3, -0.25) is 4.99 Å². The average molecular weight is 642 g/mol. The third kappa shape index (κ3) is 5.99. The van der Waals surface area contributed by atoms with Gasteiger partial charge in [-0.05, 0) is 19.3 Å². The Morgan fingerprint density at radius 3 is 1.90 bits per heavy atom. The van der Waals surface area contributed by atoms with Crippen molar-refractivity contribution in [2.45, 2.75) is 59.8 Å². The zero-order chi connectivity index (χ0) is 21.7. The van der Waals surface area contributed by atoms with Gasteiger partial charge in [-0.25, -0.2) is 0 Å². The molecule has 1 fully saturated rings. The third-order valence-electron chi connectivity index (χ3n) is 5.88. The SMILES string of the molecule is C1CCC2=NCCCN2CC1.Cc1cc[c]([Bi]([Cl])([Cl])[c]2ccc(C)cc2C)c(C)c1. The Morgan fingerprint density at radius 1 is 0.767 bits per heavy atom. The van der Waals surface area contributed by atoms with Crippen molar-refractivity contribution in [1.82, 2.24) is 4.90 Å². The van der Waals surface area contributed by atoms with Crippen molar-refractivity contribution in [3.05, 3.63) is 58.7 Å². The molecule has 2 heterocycles. The standard InChI is InChI=1S/C9H16N2.2C8H9.Bi.2ClH/c1-2-5-9-10-6-4-8-11(9)7-3-1;2*1-7-4-3-5-8(2)6-7;;;/h1-8H2;2*3-4,6H,1-2H3;;2*1H/q;;;+2;;/p-2. The second-order valence-electron chi connectivity index (χ2n) is 8.54. The van der Waals surface area contributed by atoms with Gasteiger partial charge in [0.05, 0.1) is 5.84 Å². The topological polar surface area (TPSA) is 15.6 Å². The van der Waals surface area contributed by atoms with E-state index in [0.717, 1.165) is 6.54 Å². The van der Waals surface area contributed by atoms with Crippen molar-refractivity contribution in [3.8, 4) is 0 Å².